The molecule has 0 aromatic carbocycles. The molecule has 3 N–H and O–H groups in total. The molecule has 5 heterocycles. The molecule has 0 spiro atoms. The van der Waals surface area contributed by atoms with E-state index in [-0.39, 0.29) is 40.1 Å². The van der Waals surface area contributed by atoms with E-state index in [0.717, 1.165) is 28.9 Å². The zero-order chi connectivity index (χ0) is 49.0. The average Bonchev–Trinajstić information content (AvgIpc) is 3.28. The Bertz CT molecular complexity index is 2020. The number of ether oxygens (including phenoxy) is 2. The van der Waals surface area contributed by atoms with Crippen molar-refractivity contribution in [3.8, 4) is 0 Å². The second-order valence-electron chi connectivity index (χ2n) is 17.2. The van der Waals surface area contributed by atoms with Crippen molar-refractivity contribution in [2.45, 2.75) is 137 Å². The van der Waals surface area contributed by atoms with Crippen molar-refractivity contribution in [1.82, 2.24) is 24.8 Å². The molecule has 366 valence electrons. The lowest BCUT2D eigenvalue weighted by atomic mass is 9.82. The van der Waals surface area contributed by atoms with Crippen LogP contribution in [0.25, 0.3) is 0 Å². The number of aliphatic hydroxyl groups excluding tert-OH is 1. The van der Waals surface area contributed by atoms with Crippen molar-refractivity contribution in [1.29, 1.82) is 0 Å². The largest absolute Gasteiger partial charge is 0.480 e. The SMILES string of the molecule is C.CCC(C)(C)C(=O)C(=O)N1[C@@H](C(=O)O)C[C@H]1C(=O)O.CCC(C)(C)C(=O)C(=O)N1[C@@H](C(=O)OCCCc2cccnc2)C[C@H]1C(=O)OCCCc1cccnc1.OCCCc1cccnc1. The van der Waals surface area contributed by atoms with Gasteiger partial charge in [-0.05, 0) is 86.3 Å². The number of hydrogen-bond acceptors (Lipinski definition) is 14. The van der Waals surface area contributed by atoms with E-state index in [1.165, 1.54) is 5.56 Å². The van der Waals surface area contributed by atoms with E-state index in [0.29, 0.717) is 43.4 Å². The van der Waals surface area contributed by atoms with Gasteiger partial charge < -0.3 is 34.6 Å². The second-order valence-corrected chi connectivity index (χ2v) is 17.2. The number of ketones is 2. The average molecular weight is 934 g/mol. The Hall–Kier alpha value is -6.43. The van der Waals surface area contributed by atoms with E-state index in [2.05, 4.69) is 15.0 Å². The van der Waals surface area contributed by atoms with Crippen LogP contribution >= 0.6 is 0 Å². The first-order valence-electron chi connectivity index (χ1n) is 22.1. The van der Waals surface area contributed by atoms with Crippen LogP contribution in [0.3, 0.4) is 0 Å². The molecule has 2 aliphatic rings. The third-order valence-corrected chi connectivity index (χ3v) is 11.7. The maximum absolute atomic E-state index is 13.1. The summed E-state index contributed by atoms with van der Waals surface area (Å²) >= 11 is 0. The smallest absolute Gasteiger partial charge is 0.328 e. The molecule has 0 bridgehead atoms. The Kier molecular flexibility index (Phi) is 23.1. The molecule has 0 unspecified atom stereocenters. The molecular formula is C49H67N5O13. The Morgan fingerprint density at radius 2 is 0.910 bits per heavy atom. The van der Waals surface area contributed by atoms with Gasteiger partial charge in [0.15, 0.2) is 0 Å². The van der Waals surface area contributed by atoms with Crippen LogP contribution in [0, 0.1) is 10.8 Å². The van der Waals surface area contributed by atoms with Gasteiger partial charge in [-0.1, -0.05) is 67.2 Å². The highest BCUT2D eigenvalue weighted by Crippen LogP contribution is 2.33. The number of aromatic nitrogens is 3. The predicted molar refractivity (Wildman–Crippen MR) is 245 cm³/mol. The summed E-state index contributed by atoms with van der Waals surface area (Å²) in [7, 11) is 0. The molecule has 2 saturated heterocycles. The van der Waals surface area contributed by atoms with Crippen LogP contribution in [0.4, 0.5) is 0 Å². The predicted octanol–water partition coefficient (Wildman–Crippen LogP) is 4.88. The van der Waals surface area contributed by atoms with Crippen LogP contribution in [0.5, 0.6) is 0 Å². The Morgan fingerprint density at radius 3 is 1.21 bits per heavy atom. The van der Waals surface area contributed by atoms with E-state index >= 15 is 0 Å². The second kappa shape index (κ2) is 27.3. The number of carbonyl (C=O) groups is 8. The summed E-state index contributed by atoms with van der Waals surface area (Å²) in [5.74, 6) is -7.12. The van der Waals surface area contributed by atoms with Crippen LogP contribution < -0.4 is 0 Å². The standard InChI is InChI=1S/C28H35N3O6.C12H17NO6.C8H11NO.CH4/c1-4-28(2,3)24(32)25(33)31-22(26(34)36-15-7-11-20-9-5-13-29-18-20)17-23(31)27(35)37-16-8-12-21-10-6-14-30-19-21;1-4-12(2,3)8(14)9(15)13-6(10(16)17)5-7(13)11(18)19;10-6-2-4-8-3-1-5-9-7-8;/h5-6,9-10,13-14,18-19,22-23H,4,7-8,11-12,15-17H2,1-3H3;6-7H,4-5H2,1-3H3,(H,16,17)(H,18,19);1,3,5,7,10H,2,4,6H2;1H4/t22-,23+;6-,7+;;. The van der Waals surface area contributed by atoms with Gasteiger partial charge in [0.2, 0.25) is 11.6 Å². The number of hydrogen-bond donors (Lipinski definition) is 3. The Morgan fingerprint density at radius 1 is 0.582 bits per heavy atom. The third-order valence-electron chi connectivity index (χ3n) is 11.7. The summed E-state index contributed by atoms with van der Waals surface area (Å²) in [4.78, 5) is 111. The van der Waals surface area contributed by atoms with Crippen molar-refractivity contribution in [3.63, 3.8) is 0 Å². The minimum absolute atomic E-state index is 0. The lowest BCUT2D eigenvalue weighted by molar-refractivity contribution is -0.179. The summed E-state index contributed by atoms with van der Waals surface area (Å²) in [6.07, 6.45) is 15.5. The highest BCUT2D eigenvalue weighted by atomic mass is 16.5. The fraction of sp³-hybridized carbons (Fsp3) is 0.531. The fourth-order valence-electron chi connectivity index (χ4n) is 6.61. The molecule has 5 rings (SSSR count). The number of amides is 2. The van der Waals surface area contributed by atoms with Crippen molar-refractivity contribution >= 4 is 47.3 Å². The molecule has 4 atom stereocenters. The molecule has 18 nitrogen and oxygen atoms in total. The number of aliphatic carboxylic acids is 2. The van der Waals surface area contributed by atoms with Crippen LogP contribution in [0.2, 0.25) is 0 Å². The number of rotatable bonds is 21. The molecule has 3 aromatic heterocycles. The highest BCUT2D eigenvalue weighted by molar-refractivity contribution is 6.39. The Labute approximate surface area is 392 Å². The highest BCUT2D eigenvalue weighted by Gasteiger charge is 2.54. The van der Waals surface area contributed by atoms with Gasteiger partial charge in [-0.3, -0.25) is 34.1 Å². The fourth-order valence-corrected chi connectivity index (χ4v) is 6.61. The zero-order valence-electron chi connectivity index (χ0n) is 38.6. The molecule has 2 amide bonds. The quantitative estimate of drug-likeness (QED) is 0.0731. The minimum Gasteiger partial charge on any atom is -0.480 e. The topological polar surface area (TPSA) is 261 Å². The van der Waals surface area contributed by atoms with Gasteiger partial charge in [0.05, 0.1) is 13.2 Å². The summed E-state index contributed by atoms with van der Waals surface area (Å²) in [6, 6.07) is 7.04. The molecule has 2 fully saturated rings. The molecule has 2 aliphatic heterocycles. The molecule has 0 radical (unpaired) electrons. The number of carboxylic acids is 2. The van der Waals surface area contributed by atoms with E-state index in [1.807, 2.05) is 49.5 Å². The van der Waals surface area contributed by atoms with Gasteiger partial charge in [0.25, 0.3) is 11.8 Å². The van der Waals surface area contributed by atoms with E-state index in [9.17, 15) is 38.4 Å². The number of carbonyl (C=O) groups excluding carboxylic acids is 6. The van der Waals surface area contributed by atoms with Gasteiger partial charge in [0, 0.05) is 67.5 Å². The first-order chi connectivity index (χ1) is 31.3. The third kappa shape index (κ3) is 16.4. The summed E-state index contributed by atoms with van der Waals surface area (Å²) in [5, 5.41) is 26.3. The molecule has 3 aromatic rings. The molecule has 67 heavy (non-hydrogen) atoms. The van der Waals surface area contributed by atoms with Crippen molar-refractivity contribution in [3.05, 3.63) is 90.3 Å². The monoisotopic (exact) mass is 933 g/mol. The van der Waals surface area contributed by atoms with Gasteiger partial charge in [-0.15, -0.1) is 0 Å². The first-order valence-corrected chi connectivity index (χ1v) is 22.1. The minimum atomic E-state index is -1.30. The van der Waals surface area contributed by atoms with Crippen molar-refractivity contribution < 1.29 is 63.1 Å². The van der Waals surface area contributed by atoms with Crippen LogP contribution in [-0.4, -0.2) is 131 Å². The van der Waals surface area contributed by atoms with Gasteiger partial charge in [-0.25, -0.2) is 19.2 Å². The number of aliphatic hydroxyl groups is 1. The summed E-state index contributed by atoms with van der Waals surface area (Å²) in [5.41, 5.74) is 1.40. The molecular weight excluding hydrogens is 867 g/mol. The molecule has 0 aliphatic carbocycles. The normalized spacial score (nSPS) is 17.2. The number of Topliss-reactive ketones (excluding diaryl/α,β-unsaturated/α-hetero) is 2. The number of likely N-dealkylation sites (tertiary alicyclic amines) is 2. The lowest BCUT2D eigenvalue weighted by Gasteiger charge is -2.45. The number of nitrogens with zero attached hydrogens (tertiary/aromatic N) is 5. The lowest BCUT2D eigenvalue weighted by Crippen LogP contribution is -2.67. The summed E-state index contributed by atoms with van der Waals surface area (Å²) in [6.45, 7) is 10.6. The Balaban J connectivity index is 0.000000424. The van der Waals surface area contributed by atoms with Crippen molar-refractivity contribution in [2.24, 2.45) is 10.8 Å². The molecule has 0 saturated carbocycles. The molecule has 18 heteroatoms. The van der Waals surface area contributed by atoms with Gasteiger partial charge in [-0.2, -0.15) is 0 Å². The van der Waals surface area contributed by atoms with E-state index < -0.39 is 82.3 Å². The van der Waals surface area contributed by atoms with E-state index in [4.69, 9.17) is 24.8 Å². The zero-order valence-corrected chi connectivity index (χ0v) is 38.6. The number of pyridine rings is 3. The van der Waals surface area contributed by atoms with Crippen LogP contribution in [0.15, 0.2) is 73.6 Å². The summed E-state index contributed by atoms with van der Waals surface area (Å²) < 4.78 is 10.8. The van der Waals surface area contributed by atoms with Crippen LogP contribution in [0.1, 0.15) is 111 Å². The van der Waals surface area contributed by atoms with Crippen molar-refractivity contribution in [2.75, 3.05) is 19.8 Å². The first kappa shape index (κ1) is 56.7. The number of carboxylic acid groups (broad SMARTS) is 2. The maximum Gasteiger partial charge on any atom is 0.328 e. The van der Waals surface area contributed by atoms with E-state index in [1.54, 1.807) is 65.6 Å². The number of esters is 2. The van der Waals surface area contributed by atoms with Crippen LogP contribution in [-0.2, 0) is 67.1 Å². The van der Waals surface area contributed by atoms with Gasteiger partial charge >= 0.3 is 23.9 Å². The number of aryl methyl sites for hydroxylation is 3. The maximum atomic E-state index is 13.1. The van der Waals surface area contributed by atoms with Gasteiger partial charge in [0.1, 0.15) is 24.2 Å².